The molecule has 20 heavy (non-hydrogen) atoms. The van der Waals surface area contributed by atoms with Crippen molar-refractivity contribution in [3.63, 3.8) is 0 Å². The summed E-state index contributed by atoms with van der Waals surface area (Å²) in [5.41, 5.74) is 1.25. The zero-order chi connectivity index (χ0) is 15.0. The van der Waals surface area contributed by atoms with Crippen molar-refractivity contribution in [1.82, 2.24) is 15.5 Å². The highest BCUT2D eigenvalue weighted by Gasteiger charge is 2.16. The summed E-state index contributed by atoms with van der Waals surface area (Å²) in [6.45, 7) is 2.66. The number of thioether (sulfide) groups is 1. The van der Waals surface area contributed by atoms with Crippen LogP contribution in [0.15, 0.2) is 16.8 Å². The van der Waals surface area contributed by atoms with Crippen molar-refractivity contribution in [1.29, 1.82) is 0 Å². The van der Waals surface area contributed by atoms with Gasteiger partial charge in [0.15, 0.2) is 0 Å². The number of thiophene rings is 1. The fraction of sp³-hybridized carbons (Fsp3) is 0.643. The Morgan fingerprint density at radius 1 is 1.50 bits per heavy atom. The van der Waals surface area contributed by atoms with E-state index < -0.39 is 0 Å². The number of hydrogen-bond donors (Lipinski definition) is 2. The molecule has 2 atom stereocenters. The van der Waals surface area contributed by atoms with E-state index in [0.29, 0.717) is 6.54 Å². The van der Waals surface area contributed by atoms with Crippen LogP contribution < -0.4 is 10.6 Å². The van der Waals surface area contributed by atoms with E-state index in [4.69, 9.17) is 0 Å². The number of carbonyl (C=O) groups is 1. The Kier molecular flexibility index (Phi) is 8.02. The molecule has 0 saturated heterocycles. The lowest BCUT2D eigenvalue weighted by atomic mass is 10.1. The molecule has 0 radical (unpaired) electrons. The molecule has 0 spiro atoms. The van der Waals surface area contributed by atoms with Crippen molar-refractivity contribution in [3.8, 4) is 0 Å². The molecular formula is C14H25N3OS2. The lowest BCUT2D eigenvalue weighted by Gasteiger charge is -2.24. The minimum atomic E-state index is -0.0827. The molecule has 0 aliphatic rings. The standard InChI is InChI=1S/C14H25N3OS2/c1-11(5-7-19-4)16-14(18)15-9-13(17(2)3)12-6-8-20-10-12/h6,8,10-11,13H,5,7,9H2,1-4H3,(H2,15,16,18)/t11-,13-/m0/s1. The molecule has 0 aromatic carbocycles. The van der Waals surface area contributed by atoms with Crippen molar-refractivity contribution in [2.75, 3.05) is 32.6 Å². The first-order valence-corrected chi connectivity index (χ1v) is 9.10. The van der Waals surface area contributed by atoms with E-state index in [9.17, 15) is 4.79 Å². The number of amides is 2. The van der Waals surface area contributed by atoms with Crippen LogP contribution in [0.25, 0.3) is 0 Å². The van der Waals surface area contributed by atoms with Crippen LogP contribution in [-0.4, -0.2) is 49.6 Å². The molecule has 1 aromatic rings. The summed E-state index contributed by atoms with van der Waals surface area (Å²) in [6.07, 6.45) is 3.07. The Labute approximate surface area is 130 Å². The first kappa shape index (κ1) is 17.3. The minimum absolute atomic E-state index is 0.0827. The van der Waals surface area contributed by atoms with Gasteiger partial charge in [-0.15, -0.1) is 0 Å². The highest BCUT2D eigenvalue weighted by Crippen LogP contribution is 2.19. The molecule has 1 aromatic heterocycles. The molecule has 0 fully saturated rings. The number of rotatable bonds is 8. The third-order valence-corrected chi connectivity index (χ3v) is 4.49. The van der Waals surface area contributed by atoms with Crippen molar-refractivity contribution in [3.05, 3.63) is 22.4 Å². The van der Waals surface area contributed by atoms with Gasteiger partial charge in [-0.1, -0.05) is 0 Å². The molecule has 6 heteroatoms. The summed E-state index contributed by atoms with van der Waals surface area (Å²) in [4.78, 5) is 14.0. The smallest absolute Gasteiger partial charge is 0.315 e. The third-order valence-electron chi connectivity index (χ3n) is 3.14. The highest BCUT2D eigenvalue weighted by atomic mass is 32.2. The van der Waals surface area contributed by atoms with E-state index in [1.54, 1.807) is 23.1 Å². The predicted molar refractivity (Wildman–Crippen MR) is 89.7 cm³/mol. The lowest BCUT2D eigenvalue weighted by molar-refractivity contribution is 0.230. The molecule has 114 valence electrons. The molecule has 4 nitrogen and oxygen atoms in total. The van der Waals surface area contributed by atoms with Gasteiger partial charge in [0.1, 0.15) is 0 Å². The maximum atomic E-state index is 11.9. The molecule has 2 amide bonds. The van der Waals surface area contributed by atoms with Crippen LogP contribution >= 0.6 is 23.1 Å². The zero-order valence-corrected chi connectivity index (χ0v) is 14.3. The van der Waals surface area contributed by atoms with Gasteiger partial charge in [0, 0.05) is 12.6 Å². The van der Waals surface area contributed by atoms with Gasteiger partial charge in [0.25, 0.3) is 0 Å². The Bertz CT molecular complexity index is 382. The normalized spacial score (nSPS) is 14.1. The number of nitrogens with one attached hydrogen (secondary N) is 2. The van der Waals surface area contributed by atoms with E-state index in [0.717, 1.165) is 12.2 Å². The molecule has 0 unspecified atom stereocenters. The molecule has 1 heterocycles. The second kappa shape index (κ2) is 9.26. The van der Waals surface area contributed by atoms with Crippen molar-refractivity contribution in [2.24, 2.45) is 0 Å². The van der Waals surface area contributed by atoms with Gasteiger partial charge in [-0.25, -0.2) is 4.79 Å². The summed E-state index contributed by atoms with van der Waals surface area (Å²) in [6, 6.07) is 2.45. The molecule has 2 N–H and O–H groups in total. The van der Waals surface area contributed by atoms with Crippen molar-refractivity contribution in [2.45, 2.75) is 25.4 Å². The lowest BCUT2D eigenvalue weighted by Crippen LogP contribution is -2.44. The largest absolute Gasteiger partial charge is 0.336 e. The minimum Gasteiger partial charge on any atom is -0.336 e. The average molecular weight is 316 g/mol. The van der Waals surface area contributed by atoms with E-state index in [1.807, 2.05) is 21.0 Å². The van der Waals surface area contributed by atoms with E-state index in [-0.39, 0.29) is 18.1 Å². The molecular weight excluding hydrogens is 290 g/mol. The average Bonchev–Trinajstić information content (AvgIpc) is 2.90. The van der Waals surface area contributed by atoms with Crippen LogP contribution in [-0.2, 0) is 0 Å². The van der Waals surface area contributed by atoms with E-state index in [1.165, 1.54) is 5.56 Å². The van der Waals surface area contributed by atoms with Crippen LogP contribution in [0.4, 0.5) is 4.79 Å². The summed E-state index contributed by atoms with van der Waals surface area (Å²) in [5.74, 6) is 1.07. The maximum absolute atomic E-state index is 11.9. The van der Waals surface area contributed by atoms with Gasteiger partial charge in [0.05, 0.1) is 6.04 Å². The number of nitrogens with zero attached hydrogens (tertiary/aromatic N) is 1. The van der Waals surface area contributed by atoms with Crippen LogP contribution in [0.5, 0.6) is 0 Å². The van der Waals surface area contributed by atoms with Crippen LogP contribution in [0.2, 0.25) is 0 Å². The second-order valence-electron chi connectivity index (χ2n) is 5.07. The van der Waals surface area contributed by atoms with Crippen LogP contribution in [0.1, 0.15) is 24.9 Å². The first-order chi connectivity index (χ1) is 9.54. The van der Waals surface area contributed by atoms with Gasteiger partial charge >= 0.3 is 6.03 Å². The van der Waals surface area contributed by atoms with E-state index in [2.05, 4.69) is 38.6 Å². The van der Waals surface area contributed by atoms with Gasteiger partial charge in [-0.2, -0.15) is 23.1 Å². The van der Waals surface area contributed by atoms with Crippen LogP contribution in [0, 0.1) is 0 Å². The van der Waals surface area contributed by atoms with Crippen LogP contribution in [0.3, 0.4) is 0 Å². The number of carbonyl (C=O) groups excluding carboxylic acids is 1. The first-order valence-electron chi connectivity index (χ1n) is 6.76. The topological polar surface area (TPSA) is 44.4 Å². The number of hydrogen-bond acceptors (Lipinski definition) is 4. The quantitative estimate of drug-likeness (QED) is 0.775. The fourth-order valence-corrected chi connectivity index (χ4v) is 3.19. The summed E-state index contributed by atoms with van der Waals surface area (Å²) >= 11 is 3.48. The Morgan fingerprint density at radius 2 is 2.25 bits per heavy atom. The third kappa shape index (κ3) is 6.15. The van der Waals surface area contributed by atoms with Gasteiger partial charge < -0.3 is 15.5 Å². The number of urea groups is 1. The number of likely N-dealkylation sites (N-methyl/N-ethyl adjacent to an activating group) is 1. The zero-order valence-electron chi connectivity index (χ0n) is 12.7. The Hall–Kier alpha value is -0.720. The molecule has 0 saturated carbocycles. The maximum Gasteiger partial charge on any atom is 0.315 e. The summed E-state index contributed by atoms with van der Waals surface area (Å²) in [7, 11) is 4.06. The van der Waals surface area contributed by atoms with E-state index >= 15 is 0 Å². The second-order valence-corrected chi connectivity index (χ2v) is 6.84. The summed E-state index contributed by atoms with van der Waals surface area (Å²) < 4.78 is 0. The molecule has 0 bridgehead atoms. The van der Waals surface area contributed by atoms with Gasteiger partial charge in [-0.05, 0) is 61.8 Å². The fourth-order valence-electron chi connectivity index (χ4n) is 1.89. The Balaban J connectivity index is 2.38. The summed E-state index contributed by atoms with van der Waals surface area (Å²) in [5, 5.41) is 10.1. The predicted octanol–water partition coefficient (Wildman–Crippen LogP) is 2.79. The van der Waals surface area contributed by atoms with Crippen molar-refractivity contribution >= 4 is 29.1 Å². The monoisotopic (exact) mass is 315 g/mol. The molecule has 1 rings (SSSR count). The SMILES string of the molecule is CSCC[C@H](C)NC(=O)NC[C@@H](c1ccsc1)N(C)C. The van der Waals surface area contributed by atoms with Crippen molar-refractivity contribution < 1.29 is 4.79 Å². The molecule has 0 aliphatic heterocycles. The Morgan fingerprint density at radius 3 is 2.80 bits per heavy atom. The highest BCUT2D eigenvalue weighted by molar-refractivity contribution is 7.98. The van der Waals surface area contributed by atoms with Gasteiger partial charge in [-0.3, -0.25) is 0 Å². The molecule has 0 aliphatic carbocycles. The van der Waals surface area contributed by atoms with Gasteiger partial charge in [0.2, 0.25) is 0 Å².